The predicted octanol–water partition coefficient (Wildman–Crippen LogP) is 2.48. The van der Waals surface area contributed by atoms with Crippen LogP contribution in [0.25, 0.3) is 0 Å². The highest BCUT2D eigenvalue weighted by Gasteiger charge is 2.48. The molecule has 3 heterocycles. The van der Waals surface area contributed by atoms with Crippen molar-refractivity contribution in [1.29, 1.82) is 0 Å². The van der Waals surface area contributed by atoms with E-state index in [1.165, 1.54) is 7.11 Å². The highest BCUT2D eigenvalue weighted by atomic mass is 16.6. The summed E-state index contributed by atoms with van der Waals surface area (Å²) < 4.78 is 34.2. The van der Waals surface area contributed by atoms with Gasteiger partial charge in [0.2, 0.25) is 5.88 Å². The summed E-state index contributed by atoms with van der Waals surface area (Å²) in [5, 5.41) is 0. The van der Waals surface area contributed by atoms with Crippen LogP contribution in [-0.2, 0) is 20.8 Å². The summed E-state index contributed by atoms with van der Waals surface area (Å²) in [6, 6.07) is 7.99. The molecule has 1 unspecified atom stereocenters. The number of nitrogens with zero attached hydrogens (tertiary/aromatic N) is 2. The van der Waals surface area contributed by atoms with Gasteiger partial charge in [-0.3, -0.25) is 0 Å². The highest BCUT2D eigenvalue weighted by molar-refractivity contribution is 5.31. The standard InChI is InChI=1S/C21H24N2O6/c1-24-14-8-6-13(7-9-14)12-28-19-17(29-16-5-4-10-27-18(16)19)15-11-22-21(26-3)23-20(15)25-2/h4-9,11,16-19H,10,12H2,1-3H3/t16-,17+,18-,19?/m1/s1. The molecule has 0 saturated carbocycles. The summed E-state index contributed by atoms with van der Waals surface area (Å²) in [6.07, 6.45) is 4.39. The molecule has 8 nitrogen and oxygen atoms in total. The fourth-order valence-electron chi connectivity index (χ4n) is 3.55. The van der Waals surface area contributed by atoms with Crippen molar-refractivity contribution < 1.29 is 28.4 Å². The molecule has 0 spiro atoms. The first-order valence-electron chi connectivity index (χ1n) is 9.36. The molecule has 1 saturated heterocycles. The van der Waals surface area contributed by atoms with Gasteiger partial charge < -0.3 is 28.4 Å². The van der Waals surface area contributed by atoms with Crippen LogP contribution >= 0.6 is 0 Å². The lowest BCUT2D eigenvalue weighted by molar-refractivity contribution is -0.0677. The first-order chi connectivity index (χ1) is 14.2. The largest absolute Gasteiger partial charge is 0.497 e. The van der Waals surface area contributed by atoms with Crippen LogP contribution in [-0.4, -0.2) is 56.2 Å². The molecule has 4 rings (SSSR count). The van der Waals surface area contributed by atoms with E-state index >= 15 is 0 Å². The van der Waals surface area contributed by atoms with Crippen LogP contribution in [0.5, 0.6) is 17.6 Å². The number of ether oxygens (including phenoxy) is 6. The fraction of sp³-hybridized carbons (Fsp3) is 0.429. The minimum Gasteiger partial charge on any atom is -0.497 e. The van der Waals surface area contributed by atoms with E-state index in [1.54, 1.807) is 20.4 Å². The molecule has 1 fully saturated rings. The van der Waals surface area contributed by atoms with Crippen molar-refractivity contribution in [3.8, 4) is 17.6 Å². The third kappa shape index (κ3) is 4.05. The Morgan fingerprint density at radius 2 is 1.90 bits per heavy atom. The van der Waals surface area contributed by atoms with Gasteiger partial charge in [-0.25, -0.2) is 4.98 Å². The lowest BCUT2D eigenvalue weighted by Crippen LogP contribution is -2.37. The minimum atomic E-state index is -0.438. The topological polar surface area (TPSA) is 81.2 Å². The SMILES string of the molecule is COc1ccc(COC2[C@H](c3cnc(OC)nc3OC)O[C@@H]3C=CCO[C@@H]23)cc1. The van der Waals surface area contributed by atoms with Gasteiger partial charge in [0.25, 0.3) is 0 Å². The normalized spacial score (nSPS) is 25.5. The maximum atomic E-state index is 6.29. The van der Waals surface area contributed by atoms with Gasteiger partial charge >= 0.3 is 6.01 Å². The molecule has 1 aromatic carbocycles. The Morgan fingerprint density at radius 3 is 2.62 bits per heavy atom. The Morgan fingerprint density at radius 1 is 1.07 bits per heavy atom. The number of rotatable bonds is 7. The molecule has 154 valence electrons. The van der Waals surface area contributed by atoms with Gasteiger partial charge in [-0.2, -0.15) is 4.98 Å². The third-order valence-corrected chi connectivity index (χ3v) is 5.00. The second-order valence-electron chi connectivity index (χ2n) is 6.69. The predicted molar refractivity (Wildman–Crippen MR) is 103 cm³/mol. The van der Waals surface area contributed by atoms with E-state index in [0.29, 0.717) is 24.7 Å². The molecule has 0 aliphatic carbocycles. The van der Waals surface area contributed by atoms with Crippen LogP contribution < -0.4 is 14.2 Å². The van der Waals surface area contributed by atoms with Gasteiger partial charge in [0, 0.05) is 6.20 Å². The lowest BCUT2D eigenvalue weighted by atomic mass is 10.0. The van der Waals surface area contributed by atoms with Gasteiger partial charge in [-0.15, -0.1) is 0 Å². The maximum Gasteiger partial charge on any atom is 0.319 e. The van der Waals surface area contributed by atoms with Gasteiger partial charge in [0.1, 0.15) is 30.2 Å². The Bertz CT molecular complexity index is 857. The molecule has 0 radical (unpaired) electrons. The summed E-state index contributed by atoms with van der Waals surface area (Å²) in [5.74, 6) is 1.19. The molecular formula is C21H24N2O6. The summed E-state index contributed by atoms with van der Waals surface area (Å²) >= 11 is 0. The third-order valence-electron chi connectivity index (χ3n) is 5.00. The van der Waals surface area contributed by atoms with E-state index in [9.17, 15) is 0 Å². The monoisotopic (exact) mass is 400 g/mol. The second-order valence-corrected chi connectivity index (χ2v) is 6.69. The van der Waals surface area contributed by atoms with Crippen LogP contribution in [0, 0.1) is 0 Å². The van der Waals surface area contributed by atoms with Crippen LogP contribution in [0.4, 0.5) is 0 Å². The van der Waals surface area contributed by atoms with Crippen molar-refractivity contribution in [3.63, 3.8) is 0 Å². The van der Waals surface area contributed by atoms with Crippen molar-refractivity contribution in [2.75, 3.05) is 27.9 Å². The summed E-state index contributed by atoms with van der Waals surface area (Å²) in [7, 11) is 4.70. The molecule has 0 bridgehead atoms. The molecule has 1 aromatic heterocycles. The number of hydrogen-bond donors (Lipinski definition) is 0. The second kappa shape index (κ2) is 8.77. The van der Waals surface area contributed by atoms with Crippen molar-refractivity contribution in [3.05, 3.63) is 53.7 Å². The summed E-state index contributed by atoms with van der Waals surface area (Å²) in [6.45, 7) is 0.931. The first kappa shape index (κ1) is 19.6. The van der Waals surface area contributed by atoms with Gasteiger partial charge in [0.15, 0.2) is 0 Å². The number of hydrogen-bond acceptors (Lipinski definition) is 8. The smallest absolute Gasteiger partial charge is 0.319 e. The summed E-state index contributed by atoms with van der Waals surface area (Å²) in [4.78, 5) is 8.50. The Hall–Kier alpha value is -2.68. The fourth-order valence-corrected chi connectivity index (χ4v) is 3.55. The van der Waals surface area contributed by atoms with E-state index in [2.05, 4.69) is 9.97 Å². The molecule has 8 heteroatoms. The molecule has 4 atom stereocenters. The molecule has 0 amide bonds. The summed E-state index contributed by atoms with van der Waals surface area (Å²) in [5.41, 5.74) is 1.72. The zero-order valence-corrected chi connectivity index (χ0v) is 16.6. The maximum absolute atomic E-state index is 6.29. The van der Waals surface area contributed by atoms with E-state index in [-0.39, 0.29) is 24.3 Å². The van der Waals surface area contributed by atoms with Crippen LogP contribution in [0.3, 0.4) is 0 Å². The van der Waals surface area contributed by atoms with Crippen molar-refractivity contribution in [2.24, 2.45) is 0 Å². The van der Waals surface area contributed by atoms with E-state index in [1.807, 2.05) is 36.4 Å². The molecule has 2 aliphatic heterocycles. The highest BCUT2D eigenvalue weighted by Crippen LogP contribution is 2.42. The number of fused-ring (bicyclic) bond motifs is 1. The van der Waals surface area contributed by atoms with Gasteiger partial charge in [-0.05, 0) is 17.7 Å². The molecule has 29 heavy (non-hydrogen) atoms. The first-order valence-corrected chi connectivity index (χ1v) is 9.36. The number of benzene rings is 1. The number of aromatic nitrogens is 2. The Balaban J connectivity index is 1.58. The minimum absolute atomic E-state index is 0.207. The van der Waals surface area contributed by atoms with Crippen molar-refractivity contribution in [1.82, 2.24) is 9.97 Å². The van der Waals surface area contributed by atoms with Crippen LogP contribution in [0.15, 0.2) is 42.6 Å². The quantitative estimate of drug-likeness (QED) is 0.656. The molecule has 2 aliphatic rings. The van der Waals surface area contributed by atoms with Crippen molar-refractivity contribution in [2.45, 2.75) is 31.0 Å². The average molecular weight is 400 g/mol. The van der Waals surface area contributed by atoms with E-state index in [4.69, 9.17) is 28.4 Å². The van der Waals surface area contributed by atoms with Crippen LogP contribution in [0.2, 0.25) is 0 Å². The average Bonchev–Trinajstić information content (AvgIpc) is 3.15. The number of methoxy groups -OCH3 is 3. The molecular weight excluding hydrogens is 376 g/mol. The van der Waals surface area contributed by atoms with Gasteiger partial charge in [0.05, 0.1) is 40.1 Å². The lowest BCUT2D eigenvalue weighted by Gasteiger charge is -2.26. The van der Waals surface area contributed by atoms with Crippen molar-refractivity contribution >= 4 is 0 Å². The zero-order valence-electron chi connectivity index (χ0n) is 16.6. The Labute approximate surface area is 169 Å². The Kier molecular flexibility index (Phi) is 5.94. The van der Waals surface area contributed by atoms with Gasteiger partial charge in [-0.1, -0.05) is 24.3 Å². The van der Waals surface area contributed by atoms with E-state index < -0.39 is 6.10 Å². The van der Waals surface area contributed by atoms with Crippen LogP contribution in [0.1, 0.15) is 17.2 Å². The molecule has 0 N–H and O–H groups in total. The zero-order chi connectivity index (χ0) is 20.2. The van der Waals surface area contributed by atoms with E-state index in [0.717, 1.165) is 11.3 Å². The molecule has 2 aromatic rings.